The van der Waals surface area contributed by atoms with Gasteiger partial charge in [-0.2, -0.15) is 0 Å². The van der Waals surface area contributed by atoms with Gasteiger partial charge in [-0.05, 0) is 60.7 Å². The Labute approximate surface area is 212 Å². The molecule has 0 fully saturated rings. The summed E-state index contributed by atoms with van der Waals surface area (Å²) >= 11 is 6.04. The number of hydrogen-bond donors (Lipinski definition) is 0. The van der Waals surface area contributed by atoms with Crippen LogP contribution in [0.1, 0.15) is 10.4 Å². The van der Waals surface area contributed by atoms with Crippen LogP contribution < -0.4 is 4.74 Å². The van der Waals surface area contributed by atoms with E-state index < -0.39 is 5.97 Å². The summed E-state index contributed by atoms with van der Waals surface area (Å²) in [5, 5.41) is 1.36. The van der Waals surface area contributed by atoms with Gasteiger partial charge < -0.3 is 4.74 Å². The molecule has 36 heavy (non-hydrogen) atoms. The van der Waals surface area contributed by atoms with Crippen LogP contribution in [0.15, 0.2) is 109 Å². The van der Waals surface area contributed by atoms with E-state index in [1.54, 1.807) is 36.5 Å². The number of ether oxygens (including phenoxy) is 1. The molecule has 2 heterocycles. The monoisotopic (exact) mass is 487 g/mol. The second-order valence-electron chi connectivity index (χ2n) is 8.24. The molecule has 0 amide bonds. The summed E-state index contributed by atoms with van der Waals surface area (Å²) < 4.78 is 5.76. The third kappa shape index (κ3) is 4.28. The second kappa shape index (κ2) is 9.21. The number of carbonyl (C=O) groups is 1. The molecule has 0 aliphatic carbocycles. The van der Waals surface area contributed by atoms with Crippen LogP contribution in [0.4, 0.5) is 0 Å². The Balaban J connectivity index is 1.30. The number of hydrogen-bond acceptors (Lipinski definition) is 5. The summed E-state index contributed by atoms with van der Waals surface area (Å²) in [6.07, 6.45) is 1.74. The lowest BCUT2D eigenvalue weighted by molar-refractivity contribution is 0.0737. The van der Waals surface area contributed by atoms with E-state index in [9.17, 15) is 4.79 Å². The molecular formula is C30H18ClN3O2. The van der Waals surface area contributed by atoms with Crippen LogP contribution in [0.3, 0.4) is 0 Å². The number of rotatable bonds is 4. The fraction of sp³-hybridized carbons (Fsp3) is 0. The Morgan fingerprint density at radius 2 is 1.28 bits per heavy atom. The van der Waals surface area contributed by atoms with Gasteiger partial charge in [0.25, 0.3) is 0 Å². The van der Waals surface area contributed by atoms with Crippen LogP contribution in [-0.2, 0) is 0 Å². The number of esters is 1. The van der Waals surface area contributed by atoms with Crippen LogP contribution in [0, 0.1) is 0 Å². The predicted octanol–water partition coefficient (Wildman–Crippen LogP) is 7.38. The summed E-state index contributed by atoms with van der Waals surface area (Å²) in [7, 11) is 0. The van der Waals surface area contributed by atoms with Gasteiger partial charge in [0.2, 0.25) is 0 Å². The molecule has 0 bridgehead atoms. The van der Waals surface area contributed by atoms with Gasteiger partial charge >= 0.3 is 5.97 Å². The van der Waals surface area contributed by atoms with E-state index in [0.29, 0.717) is 27.5 Å². The molecule has 2 aromatic heterocycles. The van der Waals surface area contributed by atoms with Crippen molar-refractivity contribution in [3.05, 3.63) is 120 Å². The highest BCUT2D eigenvalue weighted by Gasteiger charge is 2.16. The SMILES string of the molecule is O=C(Oc1ccc(-c2cnc3ccccc3n2)cc1)c1cc(-c2ccc(Cl)cc2)nc2ccccc12. The Morgan fingerprint density at radius 3 is 2.06 bits per heavy atom. The minimum absolute atomic E-state index is 0.437. The zero-order valence-electron chi connectivity index (χ0n) is 18.9. The van der Waals surface area contributed by atoms with E-state index in [2.05, 4.69) is 9.97 Å². The first-order chi connectivity index (χ1) is 17.6. The molecule has 6 aromatic rings. The van der Waals surface area contributed by atoms with Crippen molar-refractivity contribution < 1.29 is 9.53 Å². The van der Waals surface area contributed by atoms with Crippen LogP contribution in [0.5, 0.6) is 5.75 Å². The number of aromatic nitrogens is 3. The van der Waals surface area contributed by atoms with Gasteiger partial charge in [-0.15, -0.1) is 0 Å². The Morgan fingerprint density at radius 1 is 0.667 bits per heavy atom. The van der Waals surface area contributed by atoms with E-state index in [-0.39, 0.29) is 0 Å². The number of nitrogens with zero attached hydrogens (tertiary/aromatic N) is 3. The van der Waals surface area contributed by atoms with Crippen LogP contribution in [0.2, 0.25) is 5.02 Å². The topological polar surface area (TPSA) is 65.0 Å². The lowest BCUT2D eigenvalue weighted by atomic mass is 10.0. The first-order valence-corrected chi connectivity index (χ1v) is 11.7. The molecule has 0 spiro atoms. The lowest BCUT2D eigenvalue weighted by Gasteiger charge is -2.10. The van der Waals surface area contributed by atoms with Crippen molar-refractivity contribution in [1.29, 1.82) is 0 Å². The third-order valence-electron chi connectivity index (χ3n) is 5.89. The van der Waals surface area contributed by atoms with Crippen molar-refractivity contribution in [2.75, 3.05) is 0 Å². The van der Waals surface area contributed by atoms with Crippen LogP contribution >= 0.6 is 11.6 Å². The average Bonchev–Trinajstić information content (AvgIpc) is 2.93. The molecule has 0 aliphatic heterocycles. The first-order valence-electron chi connectivity index (χ1n) is 11.3. The molecule has 0 saturated carbocycles. The maximum atomic E-state index is 13.3. The van der Waals surface area contributed by atoms with Gasteiger partial charge in [0.05, 0.1) is 39.7 Å². The summed E-state index contributed by atoms with van der Waals surface area (Å²) in [6.45, 7) is 0. The number of pyridine rings is 1. The van der Waals surface area contributed by atoms with Crippen molar-refractivity contribution >= 4 is 39.5 Å². The van der Waals surface area contributed by atoms with E-state index >= 15 is 0 Å². The number of halogens is 1. The summed E-state index contributed by atoms with van der Waals surface area (Å²) in [6, 6.07) is 31.6. The Hall–Kier alpha value is -4.61. The van der Waals surface area contributed by atoms with Crippen LogP contribution in [-0.4, -0.2) is 20.9 Å². The molecule has 0 saturated heterocycles. The number of benzene rings is 4. The maximum Gasteiger partial charge on any atom is 0.344 e. The molecule has 6 heteroatoms. The fourth-order valence-corrected chi connectivity index (χ4v) is 4.19. The standard InChI is InChI=1S/C30H18ClN3O2/c31-21-13-9-19(10-14-21)28-17-24(23-5-1-2-6-25(23)33-28)30(35)36-22-15-11-20(12-16-22)29-18-32-26-7-3-4-8-27(26)34-29/h1-18H. The number of para-hydroxylation sites is 3. The van der Waals surface area contributed by atoms with Crippen molar-refractivity contribution in [2.45, 2.75) is 0 Å². The van der Waals surface area contributed by atoms with Crippen molar-refractivity contribution in [3.63, 3.8) is 0 Å². The third-order valence-corrected chi connectivity index (χ3v) is 6.14. The highest BCUT2D eigenvalue weighted by Crippen LogP contribution is 2.28. The highest BCUT2D eigenvalue weighted by molar-refractivity contribution is 6.30. The van der Waals surface area contributed by atoms with E-state index in [0.717, 1.165) is 33.2 Å². The van der Waals surface area contributed by atoms with Crippen molar-refractivity contribution in [3.8, 4) is 28.3 Å². The molecule has 4 aromatic carbocycles. The second-order valence-corrected chi connectivity index (χ2v) is 8.67. The molecular weight excluding hydrogens is 470 g/mol. The van der Waals surface area contributed by atoms with Gasteiger partial charge in [-0.25, -0.2) is 14.8 Å². The van der Waals surface area contributed by atoms with Gasteiger partial charge in [0, 0.05) is 21.5 Å². The summed E-state index contributed by atoms with van der Waals surface area (Å²) in [5.74, 6) is -0.0199. The maximum absolute atomic E-state index is 13.3. The predicted molar refractivity (Wildman–Crippen MR) is 142 cm³/mol. The van der Waals surface area contributed by atoms with E-state index in [4.69, 9.17) is 21.3 Å². The molecule has 172 valence electrons. The van der Waals surface area contributed by atoms with E-state index in [1.807, 2.05) is 72.8 Å². The van der Waals surface area contributed by atoms with E-state index in [1.165, 1.54) is 0 Å². The van der Waals surface area contributed by atoms with Gasteiger partial charge in [0.1, 0.15) is 5.75 Å². The van der Waals surface area contributed by atoms with Gasteiger partial charge in [-0.1, -0.05) is 54.1 Å². The summed E-state index contributed by atoms with van der Waals surface area (Å²) in [4.78, 5) is 27.2. The lowest BCUT2D eigenvalue weighted by Crippen LogP contribution is -2.10. The average molecular weight is 488 g/mol. The molecule has 6 rings (SSSR count). The number of fused-ring (bicyclic) bond motifs is 2. The fourth-order valence-electron chi connectivity index (χ4n) is 4.06. The van der Waals surface area contributed by atoms with Gasteiger partial charge in [0.15, 0.2) is 0 Å². The Bertz CT molecular complexity index is 1730. The normalized spacial score (nSPS) is 11.0. The minimum atomic E-state index is -0.456. The quantitative estimate of drug-likeness (QED) is 0.191. The highest BCUT2D eigenvalue weighted by atomic mass is 35.5. The van der Waals surface area contributed by atoms with Crippen molar-refractivity contribution in [2.24, 2.45) is 0 Å². The Kier molecular flexibility index (Phi) is 5.60. The molecule has 5 nitrogen and oxygen atoms in total. The van der Waals surface area contributed by atoms with Crippen LogP contribution in [0.25, 0.3) is 44.5 Å². The zero-order chi connectivity index (χ0) is 24.5. The van der Waals surface area contributed by atoms with Gasteiger partial charge in [-0.3, -0.25) is 4.98 Å². The smallest absolute Gasteiger partial charge is 0.344 e. The molecule has 0 N–H and O–H groups in total. The molecule has 0 radical (unpaired) electrons. The van der Waals surface area contributed by atoms with Crippen molar-refractivity contribution in [1.82, 2.24) is 15.0 Å². The minimum Gasteiger partial charge on any atom is -0.423 e. The largest absolute Gasteiger partial charge is 0.423 e. The molecule has 0 unspecified atom stereocenters. The summed E-state index contributed by atoms with van der Waals surface area (Å²) in [5.41, 5.74) is 5.98. The molecule has 0 atom stereocenters. The first kappa shape index (κ1) is 21.9. The number of carbonyl (C=O) groups excluding carboxylic acids is 1. The zero-order valence-corrected chi connectivity index (χ0v) is 19.7. The molecule has 0 aliphatic rings.